The molecule has 0 bridgehead atoms. The zero-order valence-electron chi connectivity index (χ0n) is 13.6. The Morgan fingerprint density at radius 1 is 0.818 bits per heavy atom. The minimum Gasteiger partial charge on any atom is -0.491 e. The molecule has 118 valence electrons. The summed E-state index contributed by atoms with van der Waals surface area (Å²) in [6, 6.07) is 17.9. The lowest BCUT2D eigenvalue weighted by molar-refractivity contribution is 0.217. The molecule has 2 aromatic rings. The molecule has 2 aromatic carbocycles. The Labute approximate surface area is 133 Å². The molecule has 0 saturated heterocycles. The van der Waals surface area contributed by atoms with Gasteiger partial charge in [0, 0.05) is 5.69 Å². The van der Waals surface area contributed by atoms with Crippen LogP contribution in [0.2, 0.25) is 0 Å². The zero-order chi connectivity index (χ0) is 15.8. The lowest BCUT2D eigenvalue weighted by atomic mass is 10.2. The molecule has 0 heterocycles. The van der Waals surface area contributed by atoms with Gasteiger partial charge in [0.15, 0.2) is 0 Å². The van der Waals surface area contributed by atoms with Gasteiger partial charge < -0.3 is 14.8 Å². The molecule has 0 aliphatic heterocycles. The minimum absolute atomic E-state index is 0.0958. The van der Waals surface area contributed by atoms with Gasteiger partial charge in [-0.3, -0.25) is 0 Å². The molecular formula is C19H25NO2. The van der Waals surface area contributed by atoms with E-state index < -0.39 is 0 Å². The first kappa shape index (κ1) is 16.2. The van der Waals surface area contributed by atoms with Crippen molar-refractivity contribution in [2.75, 3.05) is 11.9 Å². The van der Waals surface area contributed by atoms with Crippen molar-refractivity contribution >= 4 is 5.69 Å². The Morgan fingerprint density at radius 2 is 1.41 bits per heavy atom. The molecule has 3 heteroatoms. The van der Waals surface area contributed by atoms with Crippen LogP contribution in [0.25, 0.3) is 0 Å². The fourth-order valence-corrected chi connectivity index (χ4v) is 2.00. The fraction of sp³-hybridized carbons (Fsp3) is 0.368. The second kappa shape index (κ2) is 8.32. The van der Waals surface area contributed by atoms with Crippen molar-refractivity contribution in [2.24, 2.45) is 0 Å². The molecule has 0 amide bonds. The molecule has 0 aromatic heterocycles. The monoisotopic (exact) mass is 299 g/mol. The van der Waals surface area contributed by atoms with E-state index >= 15 is 0 Å². The third kappa shape index (κ3) is 5.32. The van der Waals surface area contributed by atoms with Crippen LogP contribution < -0.4 is 14.8 Å². The van der Waals surface area contributed by atoms with Crippen LogP contribution >= 0.6 is 0 Å². The first-order valence-electron chi connectivity index (χ1n) is 7.89. The molecule has 0 aliphatic carbocycles. The van der Waals surface area contributed by atoms with Gasteiger partial charge in [0.2, 0.25) is 0 Å². The van der Waals surface area contributed by atoms with E-state index in [-0.39, 0.29) is 12.2 Å². The molecule has 2 atom stereocenters. The molecule has 0 saturated carbocycles. The number of hydrogen-bond acceptors (Lipinski definition) is 3. The van der Waals surface area contributed by atoms with Gasteiger partial charge in [0.05, 0.1) is 12.6 Å². The number of anilines is 1. The van der Waals surface area contributed by atoms with Gasteiger partial charge >= 0.3 is 0 Å². The predicted octanol–water partition coefficient (Wildman–Crippen LogP) is 4.74. The van der Waals surface area contributed by atoms with Crippen LogP contribution in [0.3, 0.4) is 0 Å². The van der Waals surface area contributed by atoms with Gasteiger partial charge in [-0.05, 0) is 56.7 Å². The van der Waals surface area contributed by atoms with E-state index in [1.807, 2.05) is 54.6 Å². The van der Waals surface area contributed by atoms with Crippen LogP contribution in [0.4, 0.5) is 5.69 Å². The highest BCUT2D eigenvalue weighted by molar-refractivity contribution is 5.46. The first-order chi connectivity index (χ1) is 10.7. The van der Waals surface area contributed by atoms with Crippen molar-refractivity contribution < 1.29 is 9.47 Å². The SMILES string of the molecule is CC[C@@H](C)Oc1ccc(NC[C@H](C)Oc2ccccc2)cc1. The van der Waals surface area contributed by atoms with Crippen molar-refractivity contribution in [2.45, 2.75) is 39.4 Å². The Bertz CT molecular complexity index is 539. The van der Waals surface area contributed by atoms with Crippen molar-refractivity contribution in [3.05, 3.63) is 54.6 Å². The molecule has 0 unspecified atom stereocenters. The molecule has 3 nitrogen and oxygen atoms in total. The first-order valence-corrected chi connectivity index (χ1v) is 7.89. The molecule has 22 heavy (non-hydrogen) atoms. The summed E-state index contributed by atoms with van der Waals surface area (Å²) in [5.41, 5.74) is 1.07. The van der Waals surface area contributed by atoms with Crippen LogP contribution in [0.5, 0.6) is 11.5 Å². The summed E-state index contributed by atoms with van der Waals surface area (Å²) in [4.78, 5) is 0. The topological polar surface area (TPSA) is 30.5 Å². The summed E-state index contributed by atoms with van der Waals surface area (Å²) < 4.78 is 11.6. The van der Waals surface area contributed by atoms with Gasteiger partial charge in [-0.15, -0.1) is 0 Å². The third-order valence-electron chi connectivity index (χ3n) is 3.44. The van der Waals surface area contributed by atoms with Crippen LogP contribution in [-0.2, 0) is 0 Å². The maximum atomic E-state index is 5.84. The van der Waals surface area contributed by atoms with E-state index in [0.717, 1.165) is 30.2 Å². The summed E-state index contributed by atoms with van der Waals surface area (Å²) in [5, 5.41) is 3.38. The molecule has 0 spiro atoms. The highest BCUT2D eigenvalue weighted by atomic mass is 16.5. The summed E-state index contributed by atoms with van der Waals surface area (Å²) in [6.07, 6.45) is 1.35. The number of benzene rings is 2. The van der Waals surface area contributed by atoms with Crippen molar-refractivity contribution in [1.29, 1.82) is 0 Å². The van der Waals surface area contributed by atoms with Gasteiger partial charge in [-0.25, -0.2) is 0 Å². The Kier molecular flexibility index (Phi) is 6.13. The Hall–Kier alpha value is -2.16. The van der Waals surface area contributed by atoms with E-state index in [1.54, 1.807) is 0 Å². The second-order valence-electron chi connectivity index (χ2n) is 5.48. The average Bonchev–Trinajstić information content (AvgIpc) is 2.55. The number of rotatable bonds is 8. The average molecular weight is 299 g/mol. The smallest absolute Gasteiger partial charge is 0.119 e. The van der Waals surface area contributed by atoms with E-state index in [2.05, 4.69) is 26.1 Å². The van der Waals surface area contributed by atoms with Crippen LogP contribution in [0.15, 0.2) is 54.6 Å². The highest BCUT2D eigenvalue weighted by Crippen LogP contribution is 2.18. The highest BCUT2D eigenvalue weighted by Gasteiger charge is 2.04. The lowest BCUT2D eigenvalue weighted by Gasteiger charge is -2.17. The normalized spacial score (nSPS) is 13.2. The third-order valence-corrected chi connectivity index (χ3v) is 3.44. The van der Waals surface area contributed by atoms with Crippen molar-refractivity contribution in [3.63, 3.8) is 0 Å². The maximum Gasteiger partial charge on any atom is 0.119 e. The maximum absolute atomic E-state index is 5.84. The van der Waals surface area contributed by atoms with Gasteiger partial charge in [0.25, 0.3) is 0 Å². The number of hydrogen-bond donors (Lipinski definition) is 1. The quantitative estimate of drug-likeness (QED) is 0.763. The molecule has 0 aliphatic rings. The van der Waals surface area contributed by atoms with E-state index in [4.69, 9.17) is 9.47 Å². The molecule has 1 N–H and O–H groups in total. The van der Waals surface area contributed by atoms with Crippen LogP contribution in [0, 0.1) is 0 Å². The van der Waals surface area contributed by atoms with Gasteiger partial charge in [-0.1, -0.05) is 25.1 Å². The zero-order valence-corrected chi connectivity index (χ0v) is 13.6. The molecule has 0 radical (unpaired) electrons. The van der Waals surface area contributed by atoms with E-state index in [0.29, 0.717) is 0 Å². The van der Waals surface area contributed by atoms with Gasteiger partial charge in [-0.2, -0.15) is 0 Å². The lowest BCUT2D eigenvalue weighted by Crippen LogP contribution is -2.22. The summed E-state index contributed by atoms with van der Waals surface area (Å²) in [6.45, 7) is 7.00. The van der Waals surface area contributed by atoms with E-state index in [1.165, 1.54) is 0 Å². The second-order valence-corrected chi connectivity index (χ2v) is 5.48. The standard InChI is InChI=1S/C19H25NO2/c1-4-15(2)21-19-12-10-17(11-13-19)20-14-16(3)22-18-8-6-5-7-9-18/h5-13,15-16,20H,4,14H2,1-3H3/t15-,16+/m1/s1. The van der Waals surface area contributed by atoms with E-state index in [9.17, 15) is 0 Å². The number of nitrogens with one attached hydrogen (secondary N) is 1. The fourth-order valence-electron chi connectivity index (χ4n) is 2.00. The summed E-state index contributed by atoms with van der Waals surface area (Å²) in [7, 11) is 0. The van der Waals surface area contributed by atoms with Crippen molar-refractivity contribution in [3.8, 4) is 11.5 Å². The summed E-state index contributed by atoms with van der Waals surface area (Å²) >= 11 is 0. The number of ether oxygens (including phenoxy) is 2. The Morgan fingerprint density at radius 3 is 2.05 bits per heavy atom. The van der Waals surface area contributed by atoms with Crippen LogP contribution in [0.1, 0.15) is 27.2 Å². The largest absolute Gasteiger partial charge is 0.491 e. The summed E-state index contributed by atoms with van der Waals surface area (Å²) in [5.74, 6) is 1.81. The number of para-hydroxylation sites is 1. The van der Waals surface area contributed by atoms with Gasteiger partial charge in [0.1, 0.15) is 17.6 Å². The Balaban J connectivity index is 1.79. The minimum atomic E-state index is 0.0958. The molecule has 0 fully saturated rings. The molecular weight excluding hydrogens is 274 g/mol. The predicted molar refractivity (Wildman–Crippen MR) is 91.8 cm³/mol. The molecule has 2 rings (SSSR count). The van der Waals surface area contributed by atoms with Crippen LogP contribution in [-0.4, -0.2) is 18.8 Å². The van der Waals surface area contributed by atoms with Crippen molar-refractivity contribution in [1.82, 2.24) is 0 Å².